The van der Waals surface area contributed by atoms with E-state index in [1.54, 1.807) is 0 Å². The number of ketones is 3. The van der Waals surface area contributed by atoms with Crippen LogP contribution in [0.15, 0.2) is 35.5 Å². The zero-order valence-electron chi connectivity index (χ0n) is 28.7. The number of hydrogen-bond donors (Lipinski definition) is 0. The van der Waals surface area contributed by atoms with Gasteiger partial charge in [0.15, 0.2) is 17.3 Å². The normalized spacial score (nSPS) is 14.1. The molecule has 0 saturated heterocycles. The Morgan fingerprint density at radius 3 is 0.550 bits per heavy atom. The Morgan fingerprint density at radius 1 is 0.350 bits per heavy atom. The second-order valence-electron chi connectivity index (χ2n) is 16.1. The molecular weight excluding hydrogens is 637 g/mol. The quantitative estimate of drug-likeness (QED) is 0.277. The van der Waals surface area contributed by atoms with Crippen LogP contribution in [-0.4, -0.2) is 17.3 Å². The van der Waals surface area contributed by atoms with Crippen LogP contribution in [0.3, 0.4) is 0 Å². The summed E-state index contributed by atoms with van der Waals surface area (Å²) in [5.74, 6) is -0.625. The summed E-state index contributed by atoms with van der Waals surface area (Å²) in [6.45, 7) is 32.5. The molecule has 0 aromatic carbocycles. The monoisotopic (exact) mass is 691 g/mol. The Kier molecular flexibility index (Phi) is 19.0. The van der Waals surface area contributed by atoms with Gasteiger partial charge in [-0.3, -0.25) is 14.4 Å². The van der Waals surface area contributed by atoms with Crippen molar-refractivity contribution in [3.05, 3.63) is 35.5 Å². The predicted octanol–water partition coefficient (Wildman–Crippen LogP) is 5.68. The van der Waals surface area contributed by atoms with Gasteiger partial charge in [0.1, 0.15) is 0 Å². The Labute approximate surface area is 278 Å². The molecule has 0 fully saturated rings. The largest absolute Gasteiger partial charge is 3.00 e. The molecule has 0 unspecified atom stereocenters. The van der Waals surface area contributed by atoms with Gasteiger partial charge in [-0.15, -0.1) is 17.3 Å². The molecule has 0 aliphatic rings. The Balaban J connectivity index is -0.000000240. The van der Waals surface area contributed by atoms with Gasteiger partial charge in [0, 0.05) is 16.2 Å². The first-order chi connectivity index (χ1) is 16.6. The molecule has 0 heterocycles. The van der Waals surface area contributed by atoms with Gasteiger partial charge in [0.25, 0.3) is 0 Å². The SMILES string of the molecule is CC(C)(C)C(=O)C=C([O-])C(C)(C)C.CC(C)(C)C(=O)C=C([O-])C(C)(C)C.CC(C)(C)C(=O)C=C([O-])C(C)(C)C.[Nd+3]. The van der Waals surface area contributed by atoms with Crippen LogP contribution in [0.25, 0.3) is 0 Å². The van der Waals surface area contributed by atoms with Crippen molar-refractivity contribution in [1.82, 2.24) is 0 Å². The molecule has 1 radical (unpaired) electrons. The van der Waals surface area contributed by atoms with Gasteiger partial charge in [-0.1, -0.05) is 125 Å². The van der Waals surface area contributed by atoms with E-state index in [2.05, 4.69) is 0 Å². The fraction of sp³-hybridized carbons (Fsp3) is 0.727. The van der Waals surface area contributed by atoms with E-state index < -0.39 is 32.5 Å². The molecule has 0 aromatic heterocycles. The van der Waals surface area contributed by atoms with E-state index in [0.717, 1.165) is 0 Å². The van der Waals surface area contributed by atoms with Crippen molar-refractivity contribution in [1.29, 1.82) is 0 Å². The topological polar surface area (TPSA) is 120 Å². The van der Waals surface area contributed by atoms with Crippen molar-refractivity contribution in [2.75, 3.05) is 0 Å². The molecule has 0 bridgehead atoms. The summed E-state index contributed by atoms with van der Waals surface area (Å²) >= 11 is 0. The van der Waals surface area contributed by atoms with Crippen LogP contribution in [0.2, 0.25) is 0 Å². The summed E-state index contributed by atoms with van der Waals surface area (Å²) in [7, 11) is 0. The van der Waals surface area contributed by atoms with Crippen LogP contribution in [0.4, 0.5) is 0 Å². The van der Waals surface area contributed by atoms with Gasteiger partial charge in [-0.25, -0.2) is 0 Å². The smallest absolute Gasteiger partial charge is 0.875 e. The molecular formula is C33H57NdO6. The first-order valence-electron chi connectivity index (χ1n) is 13.5. The van der Waals surface area contributed by atoms with Gasteiger partial charge in [-0.05, 0) is 34.5 Å². The van der Waals surface area contributed by atoms with E-state index in [-0.39, 0.29) is 75.5 Å². The molecule has 0 rings (SSSR count). The summed E-state index contributed by atoms with van der Waals surface area (Å²) in [6, 6.07) is 0. The third-order valence-corrected chi connectivity index (χ3v) is 5.22. The van der Waals surface area contributed by atoms with Crippen LogP contribution < -0.4 is 15.3 Å². The van der Waals surface area contributed by atoms with Gasteiger partial charge >= 0.3 is 40.8 Å². The van der Waals surface area contributed by atoms with Crippen molar-refractivity contribution < 1.29 is 70.5 Å². The first kappa shape index (κ1) is 46.0. The average molecular weight is 694 g/mol. The fourth-order valence-corrected chi connectivity index (χ4v) is 1.66. The van der Waals surface area contributed by atoms with Crippen LogP contribution in [0.1, 0.15) is 125 Å². The number of carbonyl (C=O) groups is 3. The Morgan fingerprint density at radius 2 is 0.475 bits per heavy atom. The van der Waals surface area contributed by atoms with Gasteiger partial charge in [0.05, 0.1) is 0 Å². The van der Waals surface area contributed by atoms with E-state index in [1.807, 2.05) is 125 Å². The Hall–Kier alpha value is -1.02. The number of hydrogen-bond acceptors (Lipinski definition) is 6. The van der Waals surface area contributed by atoms with E-state index in [0.29, 0.717) is 0 Å². The van der Waals surface area contributed by atoms with E-state index in [1.165, 1.54) is 18.2 Å². The molecule has 0 aliphatic carbocycles. The maximum atomic E-state index is 11.4. The standard InChI is InChI=1S/3C11H20O2.Nd/c3*1-10(2,3)8(12)7-9(13)11(4,5)6;/h3*7,12H,1-6H3;/q;;;+3/p-3. The minimum absolute atomic E-state index is 0. The molecule has 229 valence electrons. The minimum atomic E-state index is -0.457. The molecule has 0 amide bonds. The maximum absolute atomic E-state index is 11.4. The molecule has 0 saturated carbocycles. The Bertz CT molecular complexity index is 801. The first-order valence-corrected chi connectivity index (χ1v) is 13.5. The van der Waals surface area contributed by atoms with Crippen molar-refractivity contribution in [2.24, 2.45) is 32.5 Å². The van der Waals surface area contributed by atoms with Gasteiger partial charge < -0.3 is 15.3 Å². The van der Waals surface area contributed by atoms with Crippen LogP contribution in [0.5, 0.6) is 0 Å². The second-order valence-corrected chi connectivity index (χ2v) is 16.1. The van der Waals surface area contributed by atoms with E-state index >= 15 is 0 Å². The van der Waals surface area contributed by atoms with E-state index in [9.17, 15) is 29.7 Å². The predicted molar refractivity (Wildman–Crippen MR) is 156 cm³/mol. The van der Waals surface area contributed by atoms with Crippen LogP contribution in [-0.2, 0) is 14.4 Å². The third kappa shape index (κ3) is 21.7. The molecule has 7 heteroatoms. The summed E-state index contributed by atoms with van der Waals surface area (Å²) in [5.41, 5.74) is -2.74. The summed E-state index contributed by atoms with van der Waals surface area (Å²) in [4.78, 5) is 34.3. The molecule has 0 spiro atoms. The van der Waals surface area contributed by atoms with Gasteiger partial charge in [0.2, 0.25) is 0 Å². The van der Waals surface area contributed by atoms with Crippen molar-refractivity contribution >= 4 is 17.3 Å². The maximum Gasteiger partial charge on any atom is 3.00 e. The zero-order valence-corrected chi connectivity index (χ0v) is 31.9. The molecule has 40 heavy (non-hydrogen) atoms. The number of carbonyl (C=O) groups excluding carboxylic acids is 3. The zero-order chi connectivity index (χ0) is 32.6. The molecule has 6 nitrogen and oxygen atoms in total. The molecule has 0 N–H and O–H groups in total. The summed E-state index contributed by atoms with van der Waals surface area (Å²) in [5, 5.41) is 34.3. The van der Waals surface area contributed by atoms with Crippen LogP contribution in [0, 0.1) is 73.3 Å². The molecule has 0 atom stereocenters. The second kappa shape index (κ2) is 16.6. The summed E-state index contributed by atoms with van der Waals surface area (Å²) < 4.78 is 0. The average Bonchev–Trinajstić information content (AvgIpc) is 2.64. The number of allylic oxidation sites excluding steroid dienone is 6. The van der Waals surface area contributed by atoms with Crippen LogP contribution >= 0.6 is 0 Å². The molecule has 0 aliphatic heterocycles. The molecule has 0 aromatic rings. The minimum Gasteiger partial charge on any atom is -0.875 e. The fourth-order valence-electron chi connectivity index (χ4n) is 1.66. The van der Waals surface area contributed by atoms with Crippen molar-refractivity contribution in [3.8, 4) is 0 Å². The van der Waals surface area contributed by atoms with Gasteiger partial charge in [-0.2, -0.15) is 0 Å². The third-order valence-electron chi connectivity index (χ3n) is 5.22. The van der Waals surface area contributed by atoms with Crippen molar-refractivity contribution in [2.45, 2.75) is 125 Å². The van der Waals surface area contributed by atoms with E-state index in [4.69, 9.17) is 0 Å². The summed E-state index contributed by atoms with van der Waals surface area (Å²) in [6.07, 6.45) is 3.67. The van der Waals surface area contributed by atoms with Crippen molar-refractivity contribution in [3.63, 3.8) is 0 Å². The number of rotatable bonds is 3.